The van der Waals surface area contributed by atoms with Gasteiger partial charge in [-0.05, 0) is 41.8 Å². The van der Waals surface area contributed by atoms with Gasteiger partial charge in [0, 0.05) is 22.7 Å². The Morgan fingerprint density at radius 3 is 2.08 bits per heavy atom. The maximum atomic E-state index is 5.31. The summed E-state index contributed by atoms with van der Waals surface area (Å²) >= 11 is 0. The molecule has 4 aromatic heterocycles. The van der Waals surface area contributed by atoms with E-state index in [1.54, 1.807) is 0 Å². The van der Waals surface area contributed by atoms with Crippen LogP contribution in [0.4, 0.5) is 0 Å². The molecule has 0 saturated carbocycles. The summed E-state index contributed by atoms with van der Waals surface area (Å²) in [6.45, 7) is 0. The van der Waals surface area contributed by atoms with Crippen LogP contribution < -0.4 is 0 Å². The maximum Gasteiger partial charge on any atom is 0.166 e. The van der Waals surface area contributed by atoms with Gasteiger partial charge in [0.05, 0.1) is 16.7 Å². The molecule has 0 atom stereocenters. The van der Waals surface area contributed by atoms with E-state index >= 15 is 0 Å². The van der Waals surface area contributed by atoms with Crippen LogP contribution in [-0.4, -0.2) is 24.1 Å². The van der Waals surface area contributed by atoms with Crippen LogP contribution in [0.5, 0.6) is 0 Å². The summed E-state index contributed by atoms with van der Waals surface area (Å²) in [5.74, 6) is 0. The van der Waals surface area contributed by atoms with Crippen molar-refractivity contribution in [3.8, 4) is 11.4 Å². The number of aromatic nitrogens is 5. The summed E-state index contributed by atoms with van der Waals surface area (Å²) in [6.07, 6.45) is 1.83. The minimum atomic E-state index is 0.797. The van der Waals surface area contributed by atoms with E-state index in [9.17, 15) is 0 Å². The molecular formula is C31H19N5. The maximum absolute atomic E-state index is 5.31. The summed E-state index contributed by atoms with van der Waals surface area (Å²) in [5.41, 5.74) is 8.37. The molecule has 168 valence electrons. The number of pyridine rings is 1. The number of benzene rings is 4. The predicted molar refractivity (Wildman–Crippen MR) is 146 cm³/mol. The van der Waals surface area contributed by atoms with Crippen molar-refractivity contribution in [2.75, 3.05) is 0 Å². The van der Waals surface area contributed by atoms with E-state index in [2.05, 4.69) is 106 Å². The second-order valence-electron chi connectivity index (χ2n) is 8.96. The fourth-order valence-corrected chi connectivity index (χ4v) is 5.41. The number of para-hydroxylation sites is 2. The van der Waals surface area contributed by atoms with Crippen LogP contribution in [0, 0.1) is 0 Å². The molecule has 36 heavy (non-hydrogen) atoms. The van der Waals surface area contributed by atoms with E-state index in [0.717, 1.165) is 61.0 Å². The Morgan fingerprint density at radius 1 is 0.472 bits per heavy atom. The van der Waals surface area contributed by atoms with E-state index in [-0.39, 0.29) is 0 Å². The van der Waals surface area contributed by atoms with Gasteiger partial charge in [-0.1, -0.05) is 72.8 Å². The lowest BCUT2D eigenvalue weighted by Gasteiger charge is -2.10. The van der Waals surface area contributed by atoms with Gasteiger partial charge < -0.3 is 0 Å². The average molecular weight is 462 g/mol. The molecule has 8 aromatic rings. The zero-order valence-electron chi connectivity index (χ0n) is 19.2. The van der Waals surface area contributed by atoms with Crippen molar-refractivity contribution < 1.29 is 0 Å². The molecule has 5 nitrogen and oxygen atoms in total. The Bertz CT molecular complexity index is 2100. The first-order valence-electron chi connectivity index (χ1n) is 12.0. The molecule has 0 saturated heterocycles. The molecule has 4 heterocycles. The Balaban J connectivity index is 1.58. The summed E-state index contributed by atoms with van der Waals surface area (Å²) in [5, 5.41) is 3.42. The topological polar surface area (TPSA) is 48.5 Å². The molecule has 8 rings (SSSR count). The summed E-state index contributed by atoms with van der Waals surface area (Å²) < 4.78 is 4.40. The molecule has 0 unspecified atom stereocenters. The minimum Gasteiger partial charge on any atom is -0.293 e. The zero-order valence-corrected chi connectivity index (χ0v) is 19.2. The Labute approximate surface area is 205 Å². The lowest BCUT2D eigenvalue weighted by Crippen LogP contribution is -1.99. The van der Waals surface area contributed by atoms with Crippen LogP contribution in [-0.2, 0) is 0 Å². The third-order valence-electron chi connectivity index (χ3n) is 6.96. The van der Waals surface area contributed by atoms with E-state index in [1.807, 2.05) is 18.3 Å². The van der Waals surface area contributed by atoms with Crippen molar-refractivity contribution >= 4 is 55.0 Å². The highest BCUT2D eigenvalue weighted by Crippen LogP contribution is 2.36. The van der Waals surface area contributed by atoms with Gasteiger partial charge in [-0.2, -0.15) is 0 Å². The van der Waals surface area contributed by atoms with E-state index in [0.29, 0.717) is 0 Å². The molecule has 0 fully saturated rings. The molecule has 0 spiro atoms. The van der Waals surface area contributed by atoms with E-state index < -0.39 is 0 Å². The third kappa shape index (κ3) is 2.57. The lowest BCUT2D eigenvalue weighted by molar-refractivity contribution is 1.12. The summed E-state index contributed by atoms with van der Waals surface area (Å²) in [6, 6.07) is 37.6. The summed E-state index contributed by atoms with van der Waals surface area (Å²) in [4.78, 5) is 15.3. The largest absolute Gasteiger partial charge is 0.293 e. The molecule has 0 N–H and O–H groups in total. The second-order valence-corrected chi connectivity index (χ2v) is 8.96. The molecule has 0 radical (unpaired) electrons. The fourth-order valence-electron chi connectivity index (χ4n) is 5.41. The van der Waals surface area contributed by atoms with Crippen LogP contribution in [0.2, 0.25) is 0 Å². The Hall–Kier alpha value is -5.03. The van der Waals surface area contributed by atoms with Crippen LogP contribution in [0.1, 0.15) is 0 Å². The molecule has 5 heteroatoms. The van der Waals surface area contributed by atoms with Crippen LogP contribution in [0.3, 0.4) is 0 Å². The minimum absolute atomic E-state index is 0.797. The highest BCUT2D eigenvalue weighted by molar-refractivity contribution is 6.12. The Morgan fingerprint density at radius 2 is 1.17 bits per heavy atom. The third-order valence-corrected chi connectivity index (χ3v) is 6.96. The standard InChI is InChI=1S/C31H19N5/c1-2-12-21(13-3-1)35-25-16-7-6-15-23(25)27-30(35)34-29-28-26(18-9-19-32-28)36(31(29)33-27)24-17-8-11-20-10-4-5-14-22(20)24/h1-19H. The quantitative estimate of drug-likeness (QED) is 0.273. The first kappa shape index (κ1) is 19.3. The van der Waals surface area contributed by atoms with E-state index in [1.165, 1.54) is 5.39 Å². The number of fused-ring (bicyclic) bond motifs is 7. The van der Waals surface area contributed by atoms with Gasteiger partial charge in [-0.3, -0.25) is 14.1 Å². The number of hydrogen-bond donors (Lipinski definition) is 0. The van der Waals surface area contributed by atoms with Gasteiger partial charge in [-0.15, -0.1) is 0 Å². The van der Waals surface area contributed by atoms with Gasteiger partial charge in [0.25, 0.3) is 0 Å². The van der Waals surface area contributed by atoms with Gasteiger partial charge in [0.15, 0.2) is 11.3 Å². The average Bonchev–Trinajstić information content (AvgIpc) is 3.44. The van der Waals surface area contributed by atoms with Gasteiger partial charge in [-0.25, -0.2) is 9.97 Å². The first-order chi connectivity index (χ1) is 17.9. The highest BCUT2D eigenvalue weighted by Gasteiger charge is 2.21. The normalized spacial score (nSPS) is 11.9. The van der Waals surface area contributed by atoms with Crippen LogP contribution in [0.25, 0.3) is 66.4 Å². The molecule has 0 bridgehead atoms. The van der Waals surface area contributed by atoms with Crippen molar-refractivity contribution in [2.24, 2.45) is 0 Å². The number of rotatable bonds is 2. The first-order valence-corrected chi connectivity index (χ1v) is 12.0. The predicted octanol–water partition coefficient (Wildman–Crippen LogP) is 7.22. The monoisotopic (exact) mass is 461 g/mol. The van der Waals surface area contributed by atoms with Crippen LogP contribution in [0.15, 0.2) is 115 Å². The fraction of sp³-hybridized carbons (Fsp3) is 0. The molecule has 4 aromatic carbocycles. The van der Waals surface area contributed by atoms with Gasteiger partial charge in [0.2, 0.25) is 0 Å². The molecule has 0 aliphatic heterocycles. The molecule has 0 aliphatic carbocycles. The van der Waals surface area contributed by atoms with Gasteiger partial charge >= 0.3 is 0 Å². The smallest absolute Gasteiger partial charge is 0.166 e. The molecular weight excluding hydrogens is 442 g/mol. The van der Waals surface area contributed by atoms with Crippen molar-refractivity contribution in [3.63, 3.8) is 0 Å². The molecule has 0 aliphatic rings. The zero-order chi connectivity index (χ0) is 23.6. The summed E-state index contributed by atoms with van der Waals surface area (Å²) in [7, 11) is 0. The molecule has 0 amide bonds. The SMILES string of the molecule is c1ccc(-n2c3ccccc3c3nc4c(nc32)c2ncccc2n4-c2cccc3ccccc23)cc1. The van der Waals surface area contributed by atoms with Crippen molar-refractivity contribution in [3.05, 3.63) is 115 Å². The van der Waals surface area contributed by atoms with E-state index in [4.69, 9.17) is 15.0 Å². The number of hydrogen-bond acceptors (Lipinski definition) is 3. The van der Waals surface area contributed by atoms with Gasteiger partial charge in [0.1, 0.15) is 16.6 Å². The van der Waals surface area contributed by atoms with Crippen molar-refractivity contribution in [1.82, 2.24) is 24.1 Å². The van der Waals surface area contributed by atoms with Crippen molar-refractivity contribution in [2.45, 2.75) is 0 Å². The Kier molecular flexibility index (Phi) is 3.88. The highest BCUT2D eigenvalue weighted by atomic mass is 15.1. The van der Waals surface area contributed by atoms with Crippen molar-refractivity contribution in [1.29, 1.82) is 0 Å². The lowest BCUT2D eigenvalue weighted by atomic mass is 10.1. The van der Waals surface area contributed by atoms with Crippen LogP contribution >= 0.6 is 0 Å². The number of nitrogens with zero attached hydrogens (tertiary/aromatic N) is 5. The second kappa shape index (κ2) is 7.23.